The Hall–Kier alpha value is 0.0400. The van der Waals surface area contributed by atoms with Crippen molar-refractivity contribution in [1.29, 1.82) is 0 Å². The van der Waals surface area contributed by atoms with Crippen LogP contribution in [-0.2, 0) is 4.79 Å². The molecule has 0 saturated heterocycles. The highest BCUT2D eigenvalue weighted by molar-refractivity contribution is 9.09. The summed E-state index contributed by atoms with van der Waals surface area (Å²) in [6, 6.07) is 2.96. The SMILES string of the molecule is CC(C)(C)C(=O)C(Br)Oc1cc(Cl)c(Cl)cc1Cl. The lowest BCUT2D eigenvalue weighted by Crippen LogP contribution is -2.32. The zero-order valence-electron chi connectivity index (χ0n) is 10.1. The minimum absolute atomic E-state index is 0.0929. The van der Waals surface area contributed by atoms with Crippen LogP contribution in [0.25, 0.3) is 0 Å². The maximum absolute atomic E-state index is 12.0. The second-order valence-corrected chi connectivity index (χ2v) is 6.80. The number of Topliss-reactive ketones (excluding diaryl/α,β-unsaturated/α-hetero) is 1. The fourth-order valence-corrected chi connectivity index (χ4v) is 2.57. The van der Waals surface area contributed by atoms with E-state index in [1.54, 1.807) is 0 Å². The molecule has 0 spiro atoms. The first-order valence-corrected chi connectivity index (χ1v) is 7.17. The predicted octanol–water partition coefficient (Wildman–Crippen LogP) is 5.36. The van der Waals surface area contributed by atoms with E-state index in [0.29, 0.717) is 20.8 Å². The van der Waals surface area contributed by atoms with Gasteiger partial charge in [0.05, 0.1) is 15.1 Å². The van der Waals surface area contributed by atoms with Crippen molar-refractivity contribution >= 4 is 56.5 Å². The molecular formula is C12H12BrCl3O2. The van der Waals surface area contributed by atoms with Crippen LogP contribution in [-0.4, -0.2) is 10.8 Å². The first-order valence-electron chi connectivity index (χ1n) is 5.12. The van der Waals surface area contributed by atoms with Crippen LogP contribution in [0.3, 0.4) is 0 Å². The van der Waals surface area contributed by atoms with E-state index in [1.165, 1.54) is 12.1 Å². The maximum Gasteiger partial charge on any atom is 0.211 e. The molecule has 0 bridgehead atoms. The predicted molar refractivity (Wildman–Crippen MR) is 79.3 cm³/mol. The van der Waals surface area contributed by atoms with Crippen LogP contribution >= 0.6 is 50.7 Å². The van der Waals surface area contributed by atoms with Gasteiger partial charge < -0.3 is 4.74 Å². The molecule has 0 aliphatic carbocycles. The van der Waals surface area contributed by atoms with E-state index >= 15 is 0 Å². The lowest BCUT2D eigenvalue weighted by Gasteiger charge is -2.21. The van der Waals surface area contributed by atoms with Crippen molar-refractivity contribution in [3.8, 4) is 5.75 Å². The lowest BCUT2D eigenvalue weighted by molar-refractivity contribution is -0.129. The molecule has 6 heteroatoms. The van der Waals surface area contributed by atoms with Gasteiger partial charge in [0.25, 0.3) is 0 Å². The largest absolute Gasteiger partial charge is 0.470 e. The van der Waals surface area contributed by atoms with Gasteiger partial charge in [0.1, 0.15) is 5.75 Å². The number of alkyl halides is 1. The molecule has 0 heterocycles. The number of rotatable bonds is 3. The van der Waals surface area contributed by atoms with Gasteiger partial charge in [-0.2, -0.15) is 0 Å². The van der Waals surface area contributed by atoms with Crippen molar-refractivity contribution in [2.75, 3.05) is 0 Å². The molecule has 0 aliphatic heterocycles. The van der Waals surface area contributed by atoms with Gasteiger partial charge in [0, 0.05) is 11.5 Å². The second-order valence-electron chi connectivity index (χ2n) is 4.74. The minimum atomic E-state index is -0.785. The molecule has 1 rings (SSSR count). The van der Waals surface area contributed by atoms with Crippen molar-refractivity contribution in [2.24, 2.45) is 5.41 Å². The number of hydrogen-bond donors (Lipinski definition) is 0. The topological polar surface area (TPSA) is 26.3 Å². The number of carbonyl (C=O) groups is 1. The van der Waals surface area contributed by atoms with E-state index in [2.05, 4.69) is 15.9 Å². The fraction of sp³-hybridized carbons (Fsp3) is 0.417. The number of carbonyl (C=O) groups excluding carboxylic acids is 1. The second kappa shape index (κ2) is 6.00. The van der Waals surface area contributed by atoms with Crippen LogP contribution in [0.1, 0.15) is 20.8 Å². The molecule has 2 nitrogen and oxygen atoms in total. The van der Waals surface area contributed by atoms with Crippen LogP contribution in [0.15, 0.2) is 12.1 Å². The Morgan fingerprint density at radius 3 is 2.17 bits per heavy atom. The molecular weight excluding hydrogens is 362 g/mol. The molecule has 0 saturated carbocycles. The van der Waals surface area contributed by atoms with Crippen molar-refractivity contribution in [3.05, 3.63) is 27.2 Å². The smallest absolute Gasteiger partial charge is 0.211 e. The van der Waals surface area contributed by atoms with Gasteiger partial charge in [0.15, 0.2) is 5.78 Å². The third-order valence-electron chi connectivity index (χ3n) is 2.15. The number of halogens is 4. The van der Waals surface area contributed by atoms with Crippen molar-refractivity contribution in [3.63, 3.8) is 0 Å². The van der Waals surface area contributed by atoms with E-state index < -0.39 is 10.4 Å². The van der Waals surface area contributed by atoms with E-state index in [9.17, 15) is 4.79 Å². The highest BCUT2D eigenvalue weighted by atomic mass is 79.9. The molecule has 100 valence electrons. The van der Waals surface area contributed by atoms with E-state index in [4.69, 9.17) is 39.5 Å². The zero-order valence-corrected chi connectivity index (χ0v) is 13.9. The van der Waals surface area contributed by atoms with E-state index in [0.717, 1.165) is 0 Å². The Morgan fingerprint density at radius 2 is 1.67 bits per heavy atom. The van der Waals surface area contributed by atoms with Crippen LogP contribution < -0.4 is 4.74 Å². The summed E-state index contributed by atoms with van der Waals surface area (Å²) in [6.07, 6.45) is 0. The summed E-state index contributed by atoms with van der Waals surface area (Å²) in [5.74, 6) is 0.218. The van der Waals surface area contributed by atoms with Crippen LogP contribution in [0.5, 0.6) is 5.75 Å². The van der Waals surface area contributed by atoms with Gasteiger partial charge in [-0.15, -0.1) is 0 Å². The third-order valence-corrected chi connectivity index (χ3v) is 3.77. The van der Waals surface area contributed by atoms with Crippen molar-refractivity contribution < 1.29 is 9.53 Å². The summed E-state index contributed by atoms with van der Waals surface area (Å²) in [7, 11) is 0. The molecule has 1 aromatic carbocycles. The summed E-state index contributed by atoms with van der Waals surface area (Å²) >= 11 is 20.8. The summed E-state index contributed by atoms with van der Waals surface area (Å²) in [5, 5.41) is 0.170. The van der Waals surface area contributed by atoms with Crippen molar-refractivity contribution in [1.82, 2.24) is 0 Å². The average Bonchev–Trinajstić information content (AvgIpc) is 2.23. The molecule has 0 N–H and O–H groups in total. The molecule has 0 fully saturated rings. The van der Waals surface area contributed by atoms with Crippen LogP contribution in [0.4, 0.5) is 0 Å². The summed E-state index contributed by atoms with van der Waals surface area (Å²) < 4.78 is 5.46. The van der Waals surface area contributed by atoms with Gasteiger partial charge in [-0.1, -0.05) is 55.6 Å². The molecule has 1 atom stereocenters. The monoisotopic (exact) mass is 372 g/mol. The Morgan fingerprint density at radius 1 is 1.17 bits per heavy atom. The first-order chi connectivity index (χ1) is 8.12. The summed E-state index contributed by atoms with van der Waals surface area (Å²) in [5.41, 5.74) is -0.517. The lowest BCUT2D eigenvalue weighted by atomic mass is 9.91. The standard InChI is InChI=1S/C12H12BrCl3O2/c1-12(2,3)10(17)11(13)18-9-5-7(15)6(14)4-8(9)16/h4-5,11H,1-3H3. The number of ketones is 1. The van der Waals surface area contributed by atoms with Gasteiger partial charge in [-0.05, 0) is 22.0 Å². The molecule has 0 radical (unpaired) electrons. The fourth-order valence-electron chi connectivity index (χ4n) is 1.10. The summed E-state index contributed by atoms with van der Waals surface area (Å²) in [6.45, 7) is 5.43. The molecule has 1 unspecified atom stereocenters. The Bertz CT molecular complexity index is 469. The molecule has 18 heavy (non-hydrogen) atoms. The normalized spacial score (nSPS) is 13.3. The highest BCUT2D eigenvalue weighted by Crippen LogP contribution is 2.35. The van der Waals surface area contributed by atoms with Gasteiger partial charge >= 0.3 is 0 Å². The third kappa shape index (κ3) is 4.02. The van der Waals surface area contributed by atoms with E-state index in [-0.39, 0.29) is 5.78 Å². The number of hydrogen-bond acceptors (Lipinski definition) is 2. The minimum Gasteiger partial charge on any atom is -0.470 e. The average molecular weight is 374 g/mol. The molecule has 0 aromatic heterocycles. The Labute approximate surface area is 130 Å². The van der Waals surface area contributed by atoms with Gasteiger partial charge in [-0.3, -0.25) is 4.79 Å². The molecule has 1 aromatic rings. The van der Waals surface area contributed by atoms with E-state index in [1.807, 2.05) is 20.8 Å². The first kappa shape index (κ1) is 16.1. The highest BCUT2D eigenvalue weighted by Gasteiger charge is 2.29. The van der Waals surface area contributed by atoms with Crippen LogP contribution in [0, 0.1) is 5.41 Å². The molecule has 0 amide bonds. The Balaban J connectivity index is 2.92. The van der Waals surface area contributed by atoms with Crippen molar-refractivity contribution in [2.45, 2.75) is 25.8 Å². The summed E-state index contributed by atoms with van der Waals surface area (Å²) in [4.78, 5) is 12.0. The zero-order chi connectivity index (χ0) is 14.1. The Kier molecular flexibility index (Phi) is 5.36. The van der Waals surface area contributed by atoms with Gasteiger partial charge in [0.2, 0.25) is 5.01 Å². The number of ether oxygens (including phenoxy) is 1. The van der Waals surface area contributed by atoms with Gasteiger partial charge in [-0.25, -0.2) is 0 Å². The molecule has 0 aliphatic rings. The number of benzene rings is 1. The van der Waals surface area contributed by atoms with Crippen LogP contribution in [0.2, 0.25) is 15.1 Å². The maximum atomic E-state index is 12.0. The quantitative estimate of drug-likeness (QED) is 0.526.